The van der Waals surface area contributed by atoms with Crippen molar-refractivity contribution in [3.05, 3.63) is 28.2 Å². The van der Waals surface area contributed by atoms with E-state index in [0.717, 1.165) is 19.3 Å². The Labute approximate surface area is 141 Å². The van der Waals surface area contributed by atoms with Crippen LogP contribution < -0.4 is 5.56 Å². The van der Waals surface area contributed by atoms with Crippen LogP contribution in [0.3, 0.4) is 0 Å². The van der Waals surface area contributed by atoms with Gasteiger partial charge < -0.3 is 14.4 Å². The second-order valence-electron chi connectivity index (χ2n) is 6.60. The van der Waals surface area contributed by atoms with E-state index in [1.54, 1.807) is 4.90 Å². The van der Waals surface area contributed by atoms with E-state index >= 15 is 0 Å². The summed E-state index contributed by atoms with van der Waals surface area (Å²) < 4.78 is 13.1. The Kier molecular flexibility index (Phi) is 5.01. The molecule has 0 radical (unpaired) electrons. The summed E-state index contributed by atoms with van der Waals surface area (Å²) in [6.07, 6.45) is 2.44. The normalized spacial score (nSPS) is 26.9. The molecule has 1 spiro atoms. The molecule has 3 rings (SSSR count). The molecule has 3 heterocycles. The highest BCUT2D eigenvalue weighted by Crippen LogP contribution is 2.31. The molecule has 0 N–H and O–H groups in total. The van der Waals surface area contributed by atoms with Gasteiger partial charge in [-0.2, -0.15) is 5.10 Å². The van der Waals surface area contributed by atoms with Gasteiger partial charge in [0.2, 0.25) is 0 Å². The van der Waals surface area contributed by atoms with E-state index in [1.807, 2.05) is 6.92 Å². The van der Waals surface area contributed by atoms with Crippen LogP contribution in [0.2, 0.25) is 0 Å². The van der Waals surface area contributed by atoms with Gasteiger partial charge in [0.05, 0.1) is 19.3 Å². The van der Waals surface area contributed by atoms with Crippen molar-refractivity contribution in [2.45, 2.75) is 51.4 Å². The molecular formula is C17H25N3O4. The third kappa shape index (κ3) is 3.37. The average Bonchev–Trinajstić information content (AvgIpc) is 3.03. The number of hydrogen-bond donors (Lipinski definition) is 0. The zero-order valence-corrected chi connectivity index (χ0v) is 14.4. The summed E-state index contributed by atoms with van der Waals surface area (Å²) in [5, 5.41) is 4.24. The van der Waals surface area contributed by atoms with Crippen molar-refractivity contribution in [1.82, 2.24) is 14.7 Å². The number of nitrogens with zero attached hydrogens (tertiary/aromatic N) is 3. The van der Waals surface area contributed by atoms with E-state index in [0.29, 0.717) is 38.5 Å². The van der Waals surface area contributed by atoms with Gasteiger partial charge in [0.25, 0.3) is 11.5 Å². The molecule has 132 valence electrons. The molecule has 1 aromatic rings. The van der Waals surface area contributed by atoms with Gasteiger partial charge in [0, 0.05) is 32.2 Å². The molecule has 1 amide bonds. The predicted molar refractivity (Wildman–Crippen MR) is 88.0 cm³/mol. The summed E-state index contributed by atoms with van der Waals surface area (Å²) in [7, 11) is 0. The van der Waals surface area contributed by atoms with Crippen LogP contribution in [0, 0.1) is 0 Å². The lowest BCUT2D eigenvalue weighted by Crippen LogP contribution is -2.57. The van der Waals surface area contributed by atoms with Crippen molar-refractivity contribution in [3.63, 3.8) is 0 Å². The number of ether oxygens (including phenoxy) is 2. The lowest BCUT2D eigenvalue weighted by molar-refractivity contribution is -0.145. The minimum absolute atomic E-state index is 0.00551. The maximum Gasteiger partial charge on any atom is 0.274 e. The third-order valence-corrected chi connectivity index (χ3v) is 4.65. The number of carbonyl (C=O) groups excluding carboxylic acids is 1. The Morgan fingerprint density at radius 2 is 2.25 bits per heavy atom. The first-order valence-corrected chi connectivity index (χ1v) is 8.70. The van der Waals surface area contributed by atoms with E-state index in [4.69, 9.17) is 9.47 Å². The Bertz CT molecular complexity index is 651. The van der Waals surface area contributed by atoms with E-state index < -0.39 is 5.60 Å². The molecule has 0 unspecified atom stereocenters. The van der Waals surface area contributed by atoms with Crippen LogP contribution in [-0.4, -0.2) is 58.6 Å². The summed E-state index contributed by atoms with van der Waals surface area (Å²) in [4.78, 5) is 26.5. The van der Waals surface area contributed by atoms with Crippen LogP contribution in [0.15, 0.2) is 16.9 Å². The predicted octanol–water partition coefficient (Wildman–Crippen LogP) is 1.06. The first-order valence-electron chi connectivity index (χ1n) is 8.70. The Balaban J connectivity index is 1.83. The summed E-state index contributed by atoms with van der Waals surface area (Å²) in [6, 6.07) is 2.94. The maximum absolute atomic E-state index is 12.9. The number of carbonyl (C=O) groups is 1. The van der Waals surface area contributed by atoms with Crippen LogP contribution in [0.1, 0.15) is 43.6 Å². The van der Waals surface area contributed by atoms with Crippen molar-refractivity contribution >= 4 is 5.91 Å². The maximum atomic E-state index is 12.9. The molecule has 7 nitrogen and oxygen atoms in total. The number of morpholine rings is 1. The van der Waals surface area contributed by atoms with E-state index in [9.17, 15) is 9.59 Å². The van der Waals surface area contributed by atoms with Gasteiger partial charge in [-0.1, -0.05) is 13.8 Å². The minimum atomic E-state index is -0.396. The summed E-state index contributed by atoms with van der Waals surface area (Å²) in [5.41, 5.74) is -0.261. The zero-order valence-electron chi connectivity index (χ0n) is 14.4. The summed E-state index contributed by atoms with van der Waals surface area (Å²) in [5.74, 6) is -0.145. The van der Waals surface area contributed by atoms with Crippen LogP contribution in [0.25, 0.3) is 0 Å². The van der Waals surface area contributed by atoms with E-state index in [2.05, 4.69) is 12.0 Å². The Morgan fingerprint density at radius 1 is 1.42 bits per heavy atom. The number of hydrogen-bond acceptors (Lipinski definition) is 5. The summed E-state index contributed by atoms with van der Waals surface area (Å²) in [6.45, 7) is 6.79. The molecular weight excluding hydrogens is 310 g/mol. The molecule has 0 aromatic carbocycles. The van der Waals surface area contributed by atoms with Crippen molar-refractivity contribution in [1.29, 1.82) is 0 Å². The van der Waals surface area contributed by atoms with Gasteiger partial charge in [-0.3, -0.25) is 9.59 Å². The van der Waals surface area contributed by atoms with Crippen molar-refractivity contribution in [3.8, 4) is 0 Å². The lowest BCUT2D eigenvalue weighted by Gasteiger charge is -2.43. The topological polar surface area (TPSA) is 73.7 Å². The fourth-order valence-corrected chi connectivity index (χ4v) is 3.36. The second-order valence-corrected chi connectivity index (χ2v) is 6.60. The highest BCUT2D eigenvalue weighted by molar-refractivity contribution is 5.92. The standard InChI is InChI=1S/C17H25N3O4/c1-3-8-20-15(21)6-5-14(18-20)16(22)19-10-13(4-2)24-17(11-19)7-9-23-12-17/h5-6,13H,3-4,7-12H2,1-2H3/t13-,17-/m0/s1. The molecule has 2 aliphatic rings. The molecule has 2 aliphatic heterocycles. The van der Waals surface area contributed by atoms with Gasteiger partial charge in [-0.15, -0.1) is 0 Å². The Hall–Kier alpha value is -1.73. The Morgan fingerprint density at radius 3 is 2.92 bits per heavy atom. The highest BCUT2D eigenvalue weighted by atomic mass is 16.6. The largest absolute Gasteiger partial charge is 0.378 e. The van der Waals surface area contributed by atoms with E-state index in [-0.39, 0.29) is 17.6 Å². The van der Waals surface area contributed by atoms with Crippen LogP contribution in [0.5, 0.6) is 0 Å². The number of aromatic nitrogens is 2. The van der Waals surface area contributed by atoms with Crippen molar-refractivity contribution in [2.24, 2.45) is 0 Å². The number of rotatable bonds is 4. The fraction of sp³-hybridized carbons (Fsp3) is 0.706. The molecule has 0 bridgehead atoms. The summed E-state index contributed by atoms with van der Waals surface area (Å²) >= 11 is 0. The smallest absolute Gasteiger partial charge is 0.274 e. The van der Waals surface area contributed by atoms with E-state index in [1.165, 1.54) is 16.8 Å². The SMILES string of the molecule is CCCn1nc(C(=O)N2C[C@H](CC)O[C@@]3(CCOC3)C2)ccc1=O. The number of aryl methyl sites for hydroxylation is 1. The fourth-order valence-electron chi connectivity index (χ4n) is 3.36. The highest BCUT2D eigenvalue weighted by Gasteiger charge is 2.45. The first kappa shape index (κ1) is 17.1. The molecule has 2 fully saturated rings. The number of amides is 1. The zero-order chi connectivity index (χ0) is 17.2. The molecule has 2 atom stereocenters. The van der Waals surface area contributed by atoms with Crippen molar-refractivity contribution < 1.29 is 14.3 Å². The average molecular weight is 335 g/mol. The molecule has 2 saturated heterocycles. The lowest BCUT2D eigenvalue weighted by atomic mass is 9.98. The van der Waals surface area contributed by atoms with Gasteiger partial charge in [0.15, 0.2) is 0 Å². The third-order valence-electron chi connectivity index (χ3n) is 4.65. The minimum Gasteiger partial charge on any atom is -0.378 e. The van der Waals surface area contributed by atoms with Crippen LogP contribution in [-0.2, 0) is 16.0 Å². The van der Waals surface area contributed by atoms with Gasteiger partial charge in [0.1, 0.15) is 11.3 Å². The molecule has 24 heavy (non-hydrogen) atoms. The van der Waals surface area contributed by atoms with Crippen LogP contribution in [0.4, 0.5) is 0 Å². The first-order chi connectivity index (χ1) is 11.6. The van der Waals surface area contributed by atoms with Crippen LogP contribution >= 0.6 is 0 Å². The molecule has 0 saturated carbocycles. The van der Waals surface area contributed by atoms with Gasteiger partial charge in [-0.05, 0) is 18.9 Å². The molecule has 7 heteroatoms. The second kappa shape index (κ2) is 7.03. The van der Waals surface area contributed by atoms with Gasteiger partial charge >= 0.3 is 0 Å². The molecule has 1 aromatic heterocycles. The monoisotopic (exact) mass is 335 g/mol. The van der Waals surface area contributed by atoms with Gasteiger partial charge in [-0.25, -0.2) is 4.68 Å². The van der Waals surface area contributed by atoms with Crippen molar-refractivity contribution in [2.75, 3.05) is 26.3 Å². The quantitative estimate of drug-likeness (QED) is 0.823. The molecule has 0 aliphatic carbocycles.